The molecule has 0 bridgehead atoms. The fraction of sp³-hybridized carbons (Fsp3) is 0.273. The smallest absolute Gasteiger partial charge is 0.255 e. The Hall–Kier alpha value is -3.03. The molecule has 7 nitrogen and oxygen atoms in total. The molecule has 0 saturated carbocycles. The summed E-state index contributed by atoms with van der Waals surface area (Å²) in [6.07, 6.45) is 7.52. The summed E-state index contributed by atoms with van der Waals surface area (Å²) in [5, 5.41) is 12.8. The van der Waals surface area contributed by atoms with E-state index in [1.54, 1.807) is 37.8 Å². The second kappa shape index (κ2) is 9.65. The second-order valence-corrected chi connectivity index (χ2v) is 7.55. The van der Waals surface area contributed by atoms with Gasteiger partial charge >= 0.3 is 0 Å². The molecule has 0 spiro atoms. The molecule has 1 unspecified atom stereocenters. The third-order valence-corrected chi connectivity index (χ3v) is 4.83. The number of carbonyl (C=O) groups is 1. The summed E-state index contributed by atoms with van der Waals surface area (Å²) in [5.41, 5.74) is 3.19. The van der Waals surface area contributed by atoms with Crippen LogP contribution in [0.3, 0.4) is 0 Å². The lowest BCUT2D eigenvalue weighted by atomic mass is 10.1. The van der Waals surface area contributed by atoms with Gasteiger partial charge in [0.2, 0.25) is 0 Å². The predicted molar refractivity (Wildman–Crippen MR) is 118 cm³/mol. The van der Waals surface area contributed by atoms with E-state index in [0.29, 0.717) is 22.0 Å². The van der Waals surface area contributed by atoms with E-state index in [9.17, 15) is 9.90 Å². The lowest BCUT2D eigenvalue weighted by molar-refractivity contribution is 0.0924. The monoisotopic (exact) mass is 425 g/mol. The van der Waals surface area contributed by atoms with E-state index in [1.165, 1.54) is 6.20 Å². The van der Waals surface area contributed by atoms with Crippen molar-refractivity contribution in [1.82, 2.24) is 20.3 Å². The van der Waals surface area contributed by atoms with Gasteiger partial charge in [0.15, 0.2) is 0 Å². The maximum absolute atomic E-state index is 12.9. The highest BCUT2D eigenvalue weighted by Gasteiger charge is 2.23. The molecule has 30 heavy (non-hydrogen) atoms. The molecule has 1 atom stereocenters. The molecule has 0 fully saturated rings. The Morgan fingerprint density at radius 3 is 2.40 bits per heavy atom. The van der Waals surface area contributed by atoms with Crippen LogP contribution in [-0.2, 0) is 0 Å². The summed E-state index contributed by atoms with van der Waals surface area (Å²) in [5.74, 6) is -0.213. The molecule has 0 aromatic carbocycles. The molecular formula is C22H24ClN5O2. The van der Waals surface area contributed by atoms with Crippen LogP contribution in [0.1, 0.15) is 42.7 Å². The number of carbonyl (C=O) groups excluding carboxylic acids is 1. The van der Waals surface area contributed by atoms with Crippen molar-refractivity contribution in [1.29, 1.82) is 0 Å². The van der Waals surface area contributed by atoms with Crippen LogP contribution >= 0.6 is 11.6 Å². The SMILES string of the molecule is CC(O)CNC(=O)c1cnccc1N(c1ccncc1)c1ccnc(C(C)C)c1Cl. The average molecular weight is 426 g/mol. The quantitative estimate of drug-likeness (QED) is 0.588. The first-order chi connectivity index (χ1) is 14.4. The van der Waals surface area contributed by atoms with Crippen molar-refractivity contribution in [2.45, 2.75) is 32.8 Å². The average Bonchev–Trinajstić information content (AvgIpc) is 2.74. The Bertz CT molecular complexity index is 1010. The van der Waals surface area contributed by atoms with Gasteiger partial charge in [0.1, 0.15) is 0 Å². The van der Waals surface area contributed by atoms with E-state index in [-0.39, 0.29) is 18.4 Å². The first-order valence-electron chi connectivity index (χ1n) is 9.65. The number of nitrogens with zero attached hydrogens (tertiary/aromatic N) is 4. The van der Waals surface area contributed by atoms with Gasteiger partial charge in [-0.1, -0.05) is 25.4 Å². The molecule has 3 aromatic rings. The van der Waals surface area contributed by atoms with Crippen LogP contribution in [0, 0.1) is 0 Å². The Morgan fingerprint density at radius 2 is 1.73 bits per heavy atom. The molecule has 3 heterocycles. The maximum Gasteiger partial charge on any atom is 0.255 e. The van der Waals surface area contributed by atoms with E-state index >= 15 is 0 Å². The third kappa shape index (κ3) is 4.75. The van der Waals surface area contributed by atoms with Gasteiger partial charge in [-0.3, -0.25) is 19.7 Å². The minimum absolute atomic E-state index is 0.128. The molecule has 0 aliphatic heterocycles. The van der Waals surface area contributed by atoms with Gasteiger partial charge in [0, 0.05) is 43.2 Å². The van der Waals surface area contributed by atoms with Crippen LogP contribution in [0.25, 0.3) is 0 Å². The Labute approximate surface area is 180 Å². The summed E-state index contributed by atoms with van der Waals surface area (Å²) in [6.45, 7) is 5.79. The lowest BCUT2D eigenvalue weighted by Crippen LogP contribution is -2.31. The number of nitrogens with one attached hydrogen (secondary N) is 1. The van der Waals surface area contributed by atoms with E-state index in [4.69, 9.17) is 11.6 Å². The number of rotatable bonds is 7. The van der Waals surface area contributed by atoms with Crippen LogP contribution in [0.5, 0.6) is 0 Å². The van der Waals surface area contributed by atoms with Crippen molar-refractivity contribution in [3.8, 4) is 0 Å². The fourth-order valence-electron chi connectivity index (χ4n) is 3.02. The number of anilines is 3. The Morgan fingerprint density at radius 1 is 1.07 bits per heavy atom. The number of hydrogen-bond acceptors (Lipinski definition) is 6. The van der Waals surface area contributed by atoms with Crippen molar-refractivity contribution >= 4 is 34.6 Å². The molecule has 1 amide bonds. The van der Waals surface area contributed by atoms with Crippen molar-refractivity contribution in [2.75, 3.05) is 11.4 Å². The molecule has 2 N–H and O–H groups in total. The summed E-state index contributed by atoms with van der Waals surface area (Å²) in [4.78, 5) is 27.4. The van der Waals surface area contributed by atoms with Crippen LogP contribution in [0.2, 0.25) is 5.02 Å². The minimum atomic E-state index is -0.659. The first-order valence-corrected chi connectivity index (χ1v) is 10.0. The molecule has 3 aromatic heterocycles. The number of halogens is 1. The molecule has 0 saturated heterocycles. The number of aliphatic hydroxyl groups excluding tert-OH is 1. The van der Waals surface area contributed by atoms with Crippen molar-refractivity contribution in [2.24, 2.45) is 0 Å². The summed E-state index contributed by atoms with van der Waals surface area (Å²) < 4.78 is 0. The first kappa shape index (κ1) is 21.7. The zero-order valence-corrected chi connectivity index (χ0v) is 17.8. The van der Waals surface area contributed by atoms with Gasteiger partial charge in [0.25, 0.3) is 5.91 Å². The summed E-state index contributed by atoms with van der Waals surface area (Å²) in [7, 11) is 0. The van der Waals surface area contributed by atoms with Gasteiger partial charge in [-0.05, 0) is 37.1 Å². The van der Waals surface area contributed by atoms with Gasteiger partial charge in [-0.15, -0.1) is 0 Å². The van der Waals surface area contributed by atoms with Crippen LogP contribution in [-0.4, -0.2) is 38.6 Å². The zero-order chi connectivity index (χ0) is 21.7. The van der Waals surface area contributed by atoms with Crippen molar-refractivity contribution < 1.29 is 9.90 Å². The summed E-state index contributed by atoms with van der Waals surface area (Å²) >= 11 is 6.76. The van der Waals surface area contributed by atoms with E-state index < -0.39 is 6.10 Å². The normalized spacial score (nSPS) is 11.9. The van der Waals surface area contributed by atoms with E-state index in [0.717, 1.165) is 11.4 Å². The lowest BCUT2D eigenvalue weighted by Gasteiger charge is -2.28. The largest absolute Gasteiger partial charge is 0.392 e. The standard InChI is InChI=1S/C22H24ClN5O2/c1-14(2)21-20(23)19(7-11-26-21)28(16-4-8-24-9-5-16)18-6-10-25-13-17(18)22(30)27-12-15(3)29/h4-11,13-15,29H,12H2,1-3H3,(H,27,30). The third-order valence-electron chi connectivity index (χ3n) is 4.45. The van der Waals surface area contributed by atoms with Gasteiger partial charge in [0.05, 0.1) is 33.8 Å². The van der Waals surface area contributed by atoms with Crippen molar-refractivity contribution in [3.05, 3.63) is 71.5 Å². The van der Waals surface area contributed by atoms with E-state index in [2.05, 4.69) is 20.3 Å². The molecule has 3 rings (SSSR count). The molecule has 8 heteroatoms. The Kier molecular flexibility index (Phi) is 6.97. The number of aromatic nitrogens is 3. The fourth-order valence-corrected chi connectivity index (χ4v) is 3.43. The van der Waals surface area contributed by atoms with Crippen molar-refractivity contribution in [3.63, 3.8) is 0 Å². The second-order valence-electron chi connectivity index (χ2n) is 7.18. The number of amides is 1. The molecular weight excluding hydrogens is 402 g/mol. The highest BCUT2D eigenvalue weighted by Crippen LogP contribution is 2.41. The highest BCUT2D eigenvalue weighted by atomic mass is 35.5. The highest BCUT2D eigenvalue weighted by molar-refractivity contribution is 6.34. The Balaban J connectivity index is 2.18. The number of pyridine rings is 3. The molecule has 156 valence electrons. The molecule has 0 aliphatic carbocycles. The van der Waals surface area contributed by atoms with Crippen LogP contribution in [0.15, 0.2) is 55.2 Å². The van der Waals surface area contributed by atoms with Gasteiger partial charge < -0.3 is 15.3 Å². The maximum atomic E-state index is 12.9. The topological polar surface area (TPSA) is 91.2 Å². The predicted octanol–water partition coefficient (Wildman–Crippen LogP) is 4.23. The van der Waals surface area contributed by atoms with Crippen LogP contribution in [0.4, 0.5) is 17.1 Å². The number of aliphatic hydroxyl groups is 1. The van der Waals surface area contributed by atoms with Gasteiger partial charge in [-0.25, -0.2) is 0 Å². The molecule has 0 radical (unpaired) electrons. The van der Waals surface area contributed by atoms with E-state index in [1.807, 2.05) is 36.9 Å². The van der Waals surface area contributed by atoms with Crippen LogP contribution < -0.4 is 10.2 Å². The van der Waals surface area contributed by atoms with Gasteiger partial charge in [-0.2, -0.15) is 0 Å². The zero-order valence-electron chi connectivity index (χ0n) is 17.1. The summed E-state index contributed by atoms with van der Waals surface area (Å²) in [6, 6.07) is 7.24. The number of hydrogen-bond donors (Lipinski definition) is 2. The minimum Gasteiger partial charge on any atom is -0.392 e. The molecule has 0 aliphatic rings.